The number of nitrogen functional groups attached to an aromatic ring is 1. The highest BCUT2D eigenvalue weighted by molar-refractivity contribution is 5.72. The lowest BCUT2D eigenvalue weighted by Crippen LogP contribution is -2.43. The van der Waals surface area contributed by atoms with E-state index in [1.807, 2.05) is 6.07 Å². The Bertz CT molecular complexity index is 486. The summed E-state index contributed by atoms with van der Waals surface area (Å²) in [5.41, 5.74) is 7.28. The van der Waals surface area contributed by atoms with Crippen LogP contribution in [0, 0.1) is 5.92 Å². The summed E-state index contributed by atoms with van der Waals surface area (Å²) in [4.78, 5) is 11.9. The van der Waals surface area contributed by atoms with Crippen LogP contribution in [-0.4, -0.2) is 28.0 Å². The molecule has 0 atom stereocenters. The predicted octanol–water partition coefficient (Wildman–Crippen LogP) is 0.302. The summed E-state index contributed by atoms with van der Waals surface area (Å²) in [6, 6.07) is 3.71. The van der Waals surface area contributed by atoms with Gasteiger partial charge in [0.1, 0.15) is 11.6 Å². The van der Waals surface area contributed by atoms with Crippen molar-refractivity contribution < 1.29 is 0 Å². The van der Waals surface area contributed by atoms with Crippen molar-refractivity contribution in [1.82, 2.24) is 20.3 Å². The molecule has 3 rings (SSSR count). The molecule has 0 aromatic carbocycles. The lowest BCUT2D eigenvalue weighted by Gasteiger charge is -2.25. The van der Waals surface area contributed by atoms with E-state index in [1.165, 1.54) is 0 Å². The minimum atomic E-state index is 0.519. The molecule has 1 fully saturated rings. The summed E-state index contributed by atoms with van der Waals surface area (Å²) in [5.74, 6) is 2.24. The molecule has 3 heterocycles. The van der Waals surface area contributed by atoms with E-state index in [-0.39, 0.29) is 0 Å². The second-order valence-corrected chi connectivity index (χ2v) is 4.02. The molecule has 0 amide bonds. The third-order valence-corrected chi connectivity index (χ3v) is 2.76. The fraction of sp³-hybridized carbons (Fsp3) is 0.400. The third kappa shape index (κ3) is 1.55. The number of aromatic amines is 1. The summed E-state index contributed by atoms with van der Waals surface area (Å²) in [6.07, 6.45) is 0.989. The van der Waals surface area contributed by atoms with Crippen molar-refractivity contribution in [2.45, 2.75) is 6.42 Å². The van der Waals surface area contributed by atoms with Crippen LogP contribution in [0.2, 0.25) is 0 Å². The first-order chi connectivity index (χ1) is 7.31. The number of pyridine rings is 1. The van der Waals surface area contributed by atoms with Gasteiger partial charge in [0.05, 0.1) is 5.52 Å². The molecule has 1 aliphatic heterocycles. The zero-order chi connectivity index (χ0) is 10.3. The quantitative estimate of drug-likeness (QED) is 0.656. The molecule has 0 bridgehead atoms. The number of nitrogens with zero attached hydrogens (tertiary/aromatic N) is 2. The van der Waals surface area contributed by atoms with Gasteiger partial charge in [-0.25, -0.2) is 9.97 Å². The van der Waals surface area contributed by atoms with Crippen LogP contribution in [-0.2, 0) is 6.42 Å². The fourth-order valence-corrected chi connectivity index (χ4v) is 1.82. The van der Waals surface area contributed by atoms with Gasteiger partial charge in [0.15, 0.2) is 5.65 Å². The number of H-pyrrole nitrogens is 1. The number of fused-ring (bicyclic) bond motifs is 1. The van der Waals surface area contributed by atoms with Crippen molar-refractivity contribution in [2.24, 2.45) is 5.92 Å². The largest absolute Gasteiger partial charge is 0.384 e. The van der Waals surface area contributed by atoms with Crippen LogP contribution in [0.1, 0.15) is 5.82 Å². The Labute approximate surface area is 87.1 Å². The van der Waals surface area contributed by atoms with Crippen LogP contribution in [0.25, 0.3) is 11.2 Å². The smallest absolute Gasteiger partial charge is 0.179 e. The zero-order valence-corrected chi connectivity index (χ0v) is 8.33. The molecule has 0 radical (unpaired) electrons. The lowest BCUT2D eigenvalue weighted by atomic mass is 9.99. The van der Waals surface area contributed by atoms with Crippen LogP contribution in [0.5, 0.6) is 0 Å². The van der Waals surface area contributed by atoms with Crippen molar-refractivity contribution >= 4 is 17.0 Å². The molecular weight excluding hydrogens is 190 g/mol. The van der Waals surface area contributed by atoms with E-state index < -0.39 is 0 Å². The minimum absolute atomic E-state index is 0.519. The Morgan fingerprint density at radius 2 is 2.20 bits per heavy atom. The Morgan fingerprint density at radius 1 is 1.33 bits per heavy atom. The molecule has 2 aromatic rings. The Hall–Kier alpha value is -1.62. The van der Waals surface area contributed by atoms with E-state index in [4.69, 9.17) is 5.73 Å². The maximum absolute atomic E-state index is 5.60. The van der Waals surface area contributed by atoms with Crippen molar-refractivity contribution in [1.29, 1.82) is 0 Å². The van der Waals surface area contributed by atoms with Crippen molar-refractivity contribution in [3.05, 3.63) is 18.0 Å². The maximum Gasteiger partial charge on any atom is 0.179 e. The standard InChI is InChI=1S/C10H13N5/c11-8-2-1-7-10(14-8)15-9(13-7)3-6-4-12-5-6/h1-2,6,12H,3-5H2,(H3,11,13,14,15). The highest BCUT2D eigenvalue weighted by Gasteiger charge is 2.18. The van der Waals surface area contributed by atoms with E-state index >= 15 is 0 Å². The Morgan fingerprint density at radius 3 is 2.93 bits per heavy atom. The number of nitrogens with one attached hydrogen (secondary N) is 2. The van der Waals surface area contributed by atoms with Crippen LogP contribution < -0.4 is 11.1 Å². The number of rotatable bonds is 2. The van der Waals surface area contributed by atoms with Gasteiger partial charge >= 0.3 is 0 Å². The number of anilines is 1. The summed E-state index contributed by atoms with van der Waals surface area (Å²) in [7, 11) is 0. The first-order valence-electron chi connectivity index (χ1n) is 5.13. The zero-order valence-electron chi connectivity index (χ0n) is 8.33. The van der Waals surface area contributed by atoms with E-state index in [1.54, 1.807) is 6.07 Å². The molecular formula is C10H13N5. The molecule has 0 unspecified atom stereocenters. The second-order valence-electron chi connectivity index (χ2n) is 4.02. The van der Waals surface area contributed by atoms with E-state index in [0.29, 0.717) is 11.7 Å². The molecule has 1 saturated heterocycles. The lowest BCUT2D eigenvalue weighted by molar-refractivity contribution is 0.342. The van der Waals surface area contributed by atoms with Gasteiger partial charge in [-0.15, -0.1) is 0 Å². The van der Waals surface area contributed by atoms with Crippen molar-refractivity contribution in [3.63, 3.8) is 0 Å². The molecule has 1 aliphatic rings. The van der Waals surface area contributed by atoms with Gasteiger partial charge in [-0.05, 0) is 31.1 Å². The molecule has 0 spiro atoms. The Kier molecular flexibility index (Phi) is 1.85. The van der Waals surface area contributed by atoms with Crippen LogP contribution >= 0.6 is 0 Å². The number of imidazole rings is 1. The van der Waals surface area contributed by atoms with E-state index in [9.17, 15) is 0 Å². The molecule has 78 valence electrons. The monoisotopic (exact) mass is 203 g/mol. The molecule has 15 heavy (non-hydrogen) atoms. The second kappa shape index (κ2) is 3.20. The maximum atomic E-state index is 5.60. The molecule has 2 aromatic heterocycles. The van der Waals surface area contributed by atoms with Crippen LogP contribution in [0.4, 0.5) is 5.82 Å². The van der Waals surface area contributed by atoms with E-state index in [2.05, 4.69) is 20.3 Å². The Balaban J connectivity index is 1.91. The molecule has 4 N–H and O–H groups in total. The van der Waals surface area contributed by atoms with Crippen molar-refractivity contribution in [3.8, 4) is 0 Å². The van der Waals surface area contributed by atoms with Crippen LogP contribution in [0.3, 0.4) is 0 Å². The van der Waals surface area contributed by atoms with Gasteiger partial charge in [0.2, 0.25) is 0 Å². The SMILES string of the molecule is Nc1ccc2[nH]c(CC3CNC3)nc2n1. The summed E-state index contributed by atoms with van der Waals surface area (Å²) >= 11 is 0. The van der Waals surface area contributed by atoms with Gasteiger partial charge in [-0.1, -0.05) is 0 Å². The molecule has 0 saturated carbocycles. The van der Waals surface area contributed by atoms with Crippen molar-refractivity contribution in [2.75, 3.05) is 18.8 Å². The first-order valence-corrected chi connectivity index (χ1v) is 5.13. The molecule has 5 heteroatoms. The van der Waals surface area contributed by atoms with Gasteiger partial charge in [-0.3, -0.25) is 0 Å². The number of aromatic nitrogens is 3. The van der Waals surface area contributed by atoms with Gasteiger partial charge in [-0.2, -0.15) is 0 Å². The number of hydrogen-bond acceptors (Lipinski definition) is 4. The average Bonchev–Trinajstić information content (AvgIpc) is 2.53. The summed E-state index contributed by atoms with van der Waals surface area (Å²) in [6.45, 7) is 2.18. The molecule has 5 nitrogen and oxygen atoms in total. The average molecular weight is 203 g/mol. The topological polar surface area (TPSA) is 79.6 Å². The first kappa shape index (κ1) is 8.67. The molecule has 0 aliphatic carbocycles. The third-order valence-electron chi connectivity index (χ3n) is 2.76. The summed E-state index contributed by atoms with van der Waals surface area (Å²) < 4.78 is 0. The normalized spacial score (nSPS) is 16.8. The fourth-order valence-electron chi connectivity index (χ4n) is 1.82. The van der Waals surface area contributed by atoms with E-state index in [0.717, 1.165) is 36.5 Å². The number of nitrogens with two attached hydrogens (primary N) is 1. The van der Waals surface area contributed by atoms with Crippen LogP contribution in [0.15, 0.2) is 12.1 Å². The number of hydrogen-bond donors (Lipinski definition) is 3. The van der Waals surface area contributed by atoms with Gasteiger partial charge in [0.25, 0.3) is 0 Å². The predicted molar refractivity (Wildman–Crippen MR) is 58.4 cm³/mol. The summed E-state index contributed by atoms with van der Waals surface area (Å²) in [5, 5.41) is 3.25. The van der Waals surface area contributed by atoms with Gasteiger partial charge < -0.3 is 16.0 Å². The highest BCUT2D eigenvalue weighted by atomic mass is 15.0. The highest BCUT2D eigenvalue weighted by Crippen LogP contribution is 2.15. The van der Waals surface area contributed by atoms with Gasteiger partial charge in [0, 0.05) is 6.42 Å². The minimum Gasteiger partial charge on any atom is -0.384 e.